The summed E-state index contributed by atoms with van der Waals surface area (Å²) in [5.41, 5.74) is 6.26. The predicted molar refractivity (Wildman–Crippen MR) is 81.5 cm³/mol. The number of hydrogen-bond donors (Lipinski definition) is 2. The van der Waals surface area contributed by atoms with Gasteiger partial charge in [-0.1, -0.05) is 13.8 Å². The number of thiophene rings is 1. The average Bonchev–Trinajstić information content (AvgIpc) is 2.80. The van der Waals surface area contributed by atoms with Crippen molar-refractivity contribution in [1.82, 2.24) is 9.97 Å². The summed E-state index contributed by atoms with van der Waals surface area (Å²) in [6, 6.07) is 2.57. The summed E-state index contributed by atoms with van der Waals surface area (Å²) in [4.78, 5) is 9.59. The molecule has 102 valence electrons. The van der Waals surface area contributed by atoms with Crippen molar-refractivity contribution in [1.29, 1.82) is 0 Å². The fraction of sp³-hybridized carbons (Fsp3) is 0.571. The van der Waals surface area contributed by atoms with E-state index in [1.807, 2.05) is 5.38 Å². The number of aromatic nitrogens is 2. The van der Waals surface area contributed by atoms with Gasteiger partial charge in [0.1, 0.15) is 10.6 Å². The molecule has 0 atom stereocenters. The summed E-state index contributed by atoms with van der Waals surface area (Å²) in [6.45, 7) is 4.70. The highest BCUT2D eigenvalue weighted by Gasteiger charge is 2.27. The summed E-state index contributed by atoms with van der Waals surface area (Å²) in [6.07, 6.45) is 4.92. The Kier molecular flexibility index (Phi) is 3.09. The van der Waals surface area contributed by atoms with Gasteiger partial charge in [0.25, 0.3) is 0 Å². The molecule has 5 heteroatoms. The first-order valence-electron chi connectivity index (χ1n) is 6.81. The van der Waals surface area contributed by atoms with Crippen LogP contribution in [0.5, 0.6) is 0 Å². The van der Waals surface area contributed by atoms with E-state index in [2.05, 4.69) is 35.2 Å². The van der Waals surface area contributed by atoms with Gasteiger partial charge in [-0.05, 0) is 42.5 Å². The minimum Gasteiger partial charge on any atom is -0.368 e. The number of nitrogens with zero attached hydrogens (tertiary/aromatic N) is 2. The van der Waals surface area contributed by atoms with Crippen LogP contribution in [-0.4, -0.2) is 16.0 Å². The Balaban J connectivity index is 1.80. The van der Waals surface area contributed by atoms with Crippen LogP contribution >= 0.6 is 11.3 Å². The van der Waals surface area contributed by atoms with Crippen LogP contribution in [0.2, 0.25) is 0 Å². The van der Waals surface area contributed by atoms with E-state index in [-0.39, 0.29) is 0 Å². The first-order chi connectivity index (χ1) is 9.03. The van der Waals surface area contributed by atoms with E-state index >= 15 is 0 Å². The average molecular weight is 276 g/mol. The molecule has 0 radical (unpaired) electrons. The first-order valence-corrected chi connectivity index (χ1v) is 7.69. The third-order valence-electron chi connectivity index (χ3n) is 4.02. The lowest BCUT2D eigenvalue weighted by Crippen LogP contribution is -2.30. The van der Waals surface area contributed by atoms with Crippen LogP contribution in [-0.2, 0) is 0 Å². The number of nitrogens with one attached hydrogen (secondary N) is 1. The number of nitrogen functional groups attached to an aromatic ring is 1. The summed E-state index contributed by atoms with van der Waals surface area (Å²) in [7, 11) is 0. The van der Waals surface area contributed by atoms with E-state index in [1.165, 1.54) is 25.7 Å². The van der Waals surface area contributed by atoms with Crippen LogP contribution < -0.4 is 11.1 Å². The molecule has 4 nitrogen and oxygen atoms in total. The molecule has 1 fully saturated rings. The predicted octanol–water partition coefficient (Wildman–Crippen LogP) is 3.65. The smallest absolute Gasteiger partial charge is 0.223 e. The van der Waals surface area contributed by atoms with Gasteiger partial charge in [-0.15, -0.1) is 11.3 Å². The minimum absolute atomic E-state index is 0.355. The number of nitrogens with two attached hydrogens (primary N) is 1. The molecule has 0 saturated heterocycles. The van der Waals surface area contributed by atoms with Gasteiger partial charge >= 0.3 is 0 Å². The molecule has 1 aliphatic carbocycles. The van der Waals surface area contributed by atoms with E-state index < -0.39 is 0 Å². The molecule has 2 aromatic rings. The van der Waals surface area contributed by atoms with E-state index in [0.717, 1.165) is 16.0 Å². The molecule has 2 aromatic heterocycles. The third-order valence-corrected chi connectivity index (χ3v) is 4.83. The fourth-order valence-corrected chi connectivity index (χ4v) is 3.49. The second-order valence-corrected chi connectivity index (χ2v) is 7.05. The van der Waals surface area contributed by atoms with Crippen LogP contribution in [0.3, 0.4) is 0 Å². The molecule has 0 amide bonds. The summed E-state index contributed by atoms with van der Waals surface area (Å²) in [5.74, 6) is 1.25. The van der Waals surface area contributed by atoms with Gasteiger partial charge in [0, 0.05) is 6.04 Å². The summed E-state index contributed by atoms with van der Waals surface area (Å²) in [5, 5.41) is 6.69. The molecule has 0 aliphatic heterocycles. The quantitative estimate of drug-likeness (QED) is 0.878. The fourth-order valence-electron chi connectivity index (χ4n) is 2.72. The van der Waals surface area contributed by atoms with Crippen molar-refractivity contribution >= 4 is 33.3 Å². The molecule has 0 unspecified atom stereocenters. The Morgan fingerprint density at radius 3 is 2.79 bits per heavy atom. The van der Waals surface area contributed by atoms with Crippen LogP contribution in [0.1, 0.15) is 39.5 Å². The molecule has 0 spiro atoms. The lowest BCUT2D eigenvalue weighted by Gasteiger charge is -2.34. The zero-order valence-corrected chi connectivity index (χ0v) is 12.3. The lowest BCUT2D eigenvalue weighted by atomic mass is 9.75. The van der Waals surface area contributed by atoms with Crippen molar-refractivity contribution in [3.05, 3.63) is 11.4 Å². The summed E-state index contributed by atoms with van der Waals surface area (Å²) < 4.78 is 0. The van der Waals surface area contributed by atoms with Crippen molar-refractivity contribution in [3.8, 4) is 0 Å². The maximum Gasteiger partial charge on any atom is 0.223 e. The second kappa shape index (κ2) is 4.63. The molecule has 0 aromatic carbocycles. The Labute approximate surface area is 117 Å². The molecule has 3 rings (SSSR count). The Morgan fingerprint density at radius 2 is 2.05 bits per heavy atom. The first kappa shape index (κ1) is 12.7. The van der Waals surface area contributed by atoms with Crippen molar-refractivity contribution in [2.24, 2.45) is 5.41 Å². The zero-order chi connectivity index (χ0) is 13.5. The molecule has 19 heavy (non-hydrogen) atoms. The van der Waals surface area contributed by atoms with Gasteiger partial charge in [-0.2, -0.15) is 4.98 Å². The number of hydrogen-bond acceptors (Lipinski definition) is 5. The summed E-state index contributed by atoms with van der Waals surface area (Å²) >= 11 is 1.61. The normalized spacial score (nSPS) is 19.7. The third kappa shape index (κ3) is 2.66. The highest BCUT2D eigenvalue weighted by atomic mass is 32.1. The van der Waals surface area contributed by atoms with Crippen molar-refractivity contribution in [2.75, 3.05) is 11.1 Å². The molecular weight excluding hydrogens is 256 g/mol. The van der Waals surface area contributed by atoms with Crippen molar-refractivity contribution in [2.45, 2.75) is 45.6 Å². The highest BCUT2D eigenvalue weighted by Crippen LogP contribution is 2.36. The number of anilines is 2. The van der Waals surface area contributed by atoms with E-state index in [1.54, 1.807) is 11.3 Å². The van der Waals surface area contributed by atoms with Gasteiger partial charge in [0.15, 0.2) is 0 Å². The Bertz CT molecular complexity index is 580. The number of rotatable bonds is 2. The van der Waals surface area contributed by atoms with Crippen LogP contribution in [0.25, 0.3) is 10.2 Å². The molecular formula is C14H20N4S. The van der Waals surface area contributed by atoms with Gasteiger partial charge in [-0.25, -0.2) is 4.98 Å². The van der Waals surface area contributed by atoms with E-state index in [0.29, 0.717) is 17.4 Å². The van der Waals surface area contributed by atoms with Gasteiger partial charge < -0.3 is 11.1 Å². The van der Waals surface area contributed by atoms with Gasteiger partial charge in [0.2, 0.25) is 5.95 Å². The highest BCUT2D eigenvalue weighted by molar-refractivity contribution is 7.16. The number of fused-ring (bicyclic) bond motifs is 1. The maximum atomic E-state index is 5.78. The van der Waals surface area contributed by atoms with E-state index in [9.17, 15) is 0 Å². The van der Waals surface area contributed by atoms with E-state index in [4.69, 9.17) is 5.73 Å². The molecule has 1 saturated carbocycles. The second-order valence-electron chi connectivity index (χ2n) is 6.15. The van der Waals surface area contributed by atoms with Gasteiger partial charge in [-0.3, -0.25) is 0 Å². The zero-order valence-electron chi connectivity index (χ0n) is 11.4. The van der Waals surface area contributed by atoms with Crippen LogP contribution in [0.4, 0.5) is 11.8 Å². The van der Waals surface area contributed by atoms with Crippen molar-refractivity contribution < 1.29 is 0 Å². The largest absolute Gasteiger partial charge is 0.368 e. The molecule has 0 bridgehead atoms. The topological polar surface area (TPSA) is 63.8 Å². The lowest BCUT2D eigenvalue weighted by molar-refractivity contribution is 0.232. The monoisotopic (exact) mass is 276 g/mol. The Morgan fingerprint density at radius 1 is 1.32 bits per heavy atom. The molecule has 3 N–H and O–H groups in total. The molecule has 2 heterocycles. The van der Waals surface area contributed by atoms with Crippen LogP contribution in [0.15, 0.2) is 11.4 Å². The maximum absolute atomic E-state index is 5.78. The minimum atomic E-state index is 0.355. The SMILES string of the molecule is CC1(C)CCC(Nc2nc(N)nc3sccc23)CC1. The van der Waals surface area contributed by atoms with Crippen LogP contribution in [0, 0.1) is 5.41 Å². The standard InChI is InChI=1S/C14H20N4S/c1-14(2)6-3-9(4-7-14)16-11-10-5-8-19-12(10)18-13(15)17-11/h5,8-9H,3-4,6-7H2,1-2H3,(H3,15,16,17,18). The Hall–Kier alpha value is -1.36. The van der Waals surface area contributed by atoms with Crippen molar-refractivity contribution in [3.63, 3.8) is 0 Å². The molecule has 1 aliphatic rings. The van der Waals surface area contributed by atoms with Gasteiger partial charge in [0.05, 0.1) is 5.39 Å².